The van der Waals surface area contributed by atoms with Crippen molar-refractivity contribution < 1.29 is 0 Å². The molecule has 4 aromatic rings. The van der Waals surface area contributed by atoms with Crippen molar-refractivity contribution in [2.75, 3.05) is 18.5 Å². The molecule has 4 rings (SSSR count). The van der Waals surface area contributed by atoms with Crippen LogP contribution in [0, 0.1) is 0 Å². The molecule has 5 nitrogen and oxygen atoms in total. The third kappa shape index (κ3) is 2.85. The molecule has 0 fully saturated rings. The van der Waals surface area contributed by atoms with Crippen LogP contribution in [0.25, 0.3) is 17.0 Å². The lowest BCUT2D eigenvalue weighted by Gasteiger charge is -2.17. The molecule has 0 aliphatic carbocycles. The normalized spacial score (nSPS) is 11.2. The summed E-state index contributed by atoms with van der Waals surface area (Å²) in [5, 5.41) is 19.4. The highest BCUT2D eigenvalue weighted by Crippen LogP contribution is 2.21. The molecule has 116 valence electrons. The second-order valence-corrected chi connectivity index (χ2v) is 7.06. The summed E-state index contributed by atoms with van der Waals surface area (Å²) in [6, 6.07) is 10.3. The summed E-state index contributed by atoms with van der Waals surface area (Å²) in [6.07, 6.45) is 1.02. The minimum atomic E-state index is 0.765. The number of anilines is 1. The van der Waals surface area contributed by atoms with E-state index in [0.29, 0.717) is 0 Å². The highest BCUT2D eigenvalue weighted by Gasteiger charge is 2.12. The van der Waals surface area contributed by atoms with E-state index in [1.54, 1.807) is 22.7 Å². The standard InChI is InChI=1S/C16H15N5S2/c1-20(8-6-13-3-2-9-23-13)15-5-4-14-17-18-16(21(14)19-15)12-7-10-22-11-12/h2-5,7,9-11H,6,8H2,1H3. The third-order valence-electron chi connectivity index (χ3n) is 3.69. The molecule has 0 aromatic carbocycles. The Morgan fingerprint density at radius 3 is 2.87 bits per heavy atom. The van der Waals surface area contributed by atoms with Crippen molar-refractivity contribution >= 4 is 34.1 Å². The van der Waals surface area contributed by atoms with Gasteiger partial charge in [0.2, 0.25) is 0 Å². The zero-order chi connectivity index (χ0) is 15.6. The van der Waals surface area contributed by atoms with Crippen LogP contribution >= 0.6 is 22.7 Å². The fraction of sp³-hybridized carbons (Fsp3) is 0.188. The van der Waals surface area contributed by atoms with E-state index in [4.69, 9.17) is 5.10 Å². The van der Waals surface area contributed by atoms with Crippen molar-refractivity contribution in [3.05, 3.63) is 51.3 Å². The first-order valence-electron chi connectivity index (χ1n) is 7.30. The number of aromatic nitrogens is 4. The van der Waals surface area contributed by atoms with Gasteiger partial charge in [0.25, 0.3) is 0 Å². The molecule has 4 aromatic heterocycles. The SMILES string of the molecule is CN(CCc1cccs1)c1ccc2nnc(-c3ccsc3)n2n1. The summed E-state index contributed by atoms with van der Waals surface area (Å²) in [5.74, 6) is 1.71. The van der Waals surface area contributed by atoms with E-state index in [9.17, 15) is 0 Å². The maximum atomic E-state index is 4.72. The molecule has 23 heavy (non-hydrogen) atoms. The van der Waals surface area contributed by atoms with Gasteiger partial charge >= 0.3 is 0 Å². The van der Waals surface area contributed by atoms with Crippen LogP contribution in [0.3, 0.4) is 0 Å². The monoisotopic (exact) mass is 341 g/mol. The molecule has 0 saturated heterocycles. The van der Waals surface area contributed by atoms with Crippen LogP contribution in [0.4, 0.5) is 5.82 Å². The van der Waals surface area contributed by atoms with E-state index in [2.05, 4.69) is 45.0 Å². The molecule has 0 amide bonds. The summed E-state index contributed by atoms with van der Waals surface area (Å²) in [6.45, 7) is 0.926. The Labute approximate surface area is 141 Å². The molecular formula is C16H15N5S2. The Bertz CT molecular complexity index is 896. The molecule has 4 heterocycles. The van der Waals surface area contributed by atoms with Crippen molar-refractivity contribution in [1.82, 2.24) is 19.8 Å². The first kappa shape index (κ1) is 14.3. The zero-order valence-corrected chi connectivity index (χ0v) is 14.2. The predicted molar refractivity (Wildman–Crippen MR) is 95.4 cm³/mol. The van der Waals surface area contributed by atoms with Gasteiger partial charge in [0, 0.05) is 29.4 Å². The molecule has 0 N–H and O–H groups in total. The van der Waals surface area contributed by atoms with Gasteiger partial charge in [-0.25, -0.2) is 0 Å². The van der Waals surface area contributed by atoms with Crippen LogP contribution in [-0.4, -0.2) is 33.4 Å². The Morgan fingerprint density at radius 1 is 1.13 bits per heavy atom. The van der Waals surface area contributed by atoms with Crippen molar-refractivity contribution in [2.24, 2.45) is 0 Å². The van der Waals surface area contributed by atoms with E-state index in [0.717, 1.165) is 35.8 Å². The van der Waals surface area contributed by atoms with Gasteiger partial charge in [-0.3, -0.25) is 0 Å². The van der Waals surface area contributed by atoms with Gasteiger partial charge in [-0.1, -0.05) is 6.07 Å². The fourth-order valence-electron chi connectivity index (χ4n) is 2.40. The number of likely N-dealkylation sites (N-methyl/N-ethyl adjacent to an activating group) is 1. The lowest BCUT2D eigenvalue weighted by atomic mass is 10.3. The van der Waals surface area contributed by atoms with Gasteiger partial charge < -0.3 is 4.90 Å². The molecule has 0 spiro atoms. The largest absolute Gasteiger partial charge is 0.358 e. The predicted octanol–water partition coefficient (Wildman–Crippen LogP) is 3.59. The van der Waals surface area contributed by atoms with Gasteiger partial charge in [0.05, 0.1) is 0 Å². The van der Waals surface area contributed by atoms with Crippen molar-refractivity contribution in [3.8, 4) is 11.4 Å². The Balaban J connectivity index is 1.61. The Hall–Kier alpha value is -2.25. The van der Waals surface area contributed by atoms with E-state index in [1.165, 1.54) is 4.88 Å². The first-order chi connectivity index (χ1) is 11.3. The quantitative estimate of drug-likeness (QED) is 0.556. The Kier molecular flexibility index (Phi) is 3.80. The van der Waals surface area contributed by atoms with E-state index < -0.39 is 0 Å². The number of hydrogen-bond acceptors (Lipinski definition) is 6. The van der Waals surface area contributed by atoms with Gasteiger partial charge in [0.1, 0.15) is 5.82 Å². The van der Waals surface area contributed by atoms with Crippen LogP contribution in [0.5, 0.6) is 0 Å². The maximum Gasteiger partial charge on any atom is 0.186 e. The smallest absolute Gasteiger partial charge is 0.186 e. The number of hydrogen-bond donors (Lipinski definition) is 0. The Morgan fingerprint density at radius 2 is 2.09 bits per heavy atom. The average Bonchev–Trinajstić information content (AvgIpc) is 3.31. The van der Waals surface area contributed by atoms with Gasteiger partial charge in [-0.05, 0) is 41.4 Å². The van der Waals surface area contributed by atoms with Crippen LogP contribution in [-0.2, 0) is 6.42 Å². The number of fused-ring (bicyclic) bond motifs is 1. The van der Waals surface area contributed by atoms with Crippen molar-refractivity contribution in [3.63, 3.8) is 0 Å². The third-order valence-corrected chi connectivity index (χ3v) is 5.31. The van der Waals surface area contributed by atoms with Crippen molar-refractivity contribution in [2.45, 2.75) is 6.42 Å². The molecule has 7 heteroatoms. The molecular weight excluding hydrogens is 326 g/mol. The molecule has 0 aliphatic rings. The second-order valence-electron chi connectivity index (χ2n) is 5.25. The highest BCUT2D eigenvalue weighted by atomic mass is 32.1. The molecule has 0 radical (unpaired) electrons. The molecule has 0 saturated carbocycles. The van der Waals surface area contributed by atoms with E-state index >= 15 is 0 Å². The fourth-order valence-corrected chi connectivity index (χ4v) is 3.73. The number of nitrogens with zero attached hydrogens (tertiary/aromatic N) is 5. The summed E-state index contributed by atoms with van der Waals surface area (Å²) in [4.78, 5) is 3.55. The summed E-state index contributed by atoms with van der Waals surface area (Å²) >= 11 is 3.44. The molecule has 0 aliphatic heterocycles. The average molecular weight is 341 g/mol. The van der Waals surface area contributed by atoms with Crippen LogP contribution in [0.2, 0.25) is 0 Å². The second kappa shape index (κ2) is 6.10. The highest BCUT2D eigenvalue weighted by molar-refractivity contribution is 7.09. The van der Waals surface area contributed by atoms with Crippen molar-refractivity contribution in [1.29, 1.82) is 0 Å². The summed E-state index contributed by atoms with van der Waals surface area (Å²) < 4.78 is 1.82. The van der Waals surface area contributed by atoms with Gasteiger partial charge in [0.15, 0.2) is 11.5 Å². The maximum absolute atomic E-state index is 4.72. The topological polar surface area (TPSA) is 46.3 Å². The number of thiophene rings is 2. The van der Waals surface area contributed by atoms with Gasteiger partial charge in [-0.2, -0.15) is 15.9 Å². The van der Waals surface area contributed by atoms with Crippen LogP contribution < -0.4 is 4.90 Å². The van der Waals surface area contributed by atoms with Gasteiger partial charge in [-0.15, -0.1) is 26.6 Å². The molecule has 0 atom stereocenters. The van der Waals surface area contributed by atoms with Crippen LogP contribution in [0.15, 0.2) is 46.5 Å². The number of rotatable bonds is 5. The lowest BCUT2D eigenvalue weighted by Crippen LogP contribution is -2.22. The summed E-state index contributed by atoms with van der Waals surface area (Å²) in [7, 11) is 2.07. The molecule has 0 bridgehead atoms. The lowest BCUT2D eigenvalue weighted by molar-refractivity contribution is 0.829. The van der Waals surface area contributed by atoms with E-state index in [1.807, 2.05) is 28.1 Å². The molecule has 0 unspecified atom stereocenters. The minimum absolute atomic E-state index is 0.765. The van der Waals surface area contributed by atoms with Crippen LogP contribution in [0.1, 0.15) is 4.88 Å². The van der Waals surface area contributed by atoms with E-state index in [-0.39, 0.29) is 0 Å². The summed E-state index contributed by atoms with van der Waals surface area (Å²) in [5.41, 5.74) is 1.81. The minimum Gasteiger partial charge on any atom is -0.358 e. The first-order valence-corrected chi connectivity index (χ1v) is 9.12. The zero-order valence-electron chi connectivity index (χ0n) is 12.6.